The molecule has 17 heavy (non-hydrogen) atoms. The zero-order valence-corrected chi connectivity index (χ0v) is 8.64. The Hall–Kier alpha value is -1.59. The van der Waals surface area contributed by atoms with Crippen molar-refractivity contribution in [3.63, 3.8) is 0 Å². The van der Waals surface area contributed by atoms with E-state index in [9.17, 15) is 22.4 Å². The molecule has 1 amide bonds. The molecule has 1 N–H and O–H groups in total. The molecule has 0 radical (unpaired) electrons. The van der Waals surface area contributed by atoms with E-state index in [2.05, 4.69) is 5.32 Å². The summed E-state index contributed by atoms with van der Waals surface area (Å²) in [5.41, 5.74) is -1.34. The van der Waals surface area contributed by atoms with Gasteiger partial charge >= 0.3 is 6.18 Å². The number of hydrogen-bond acceptors (Lipinski definition) is 1. The van der Waals surface area contributed by atoms with Crippen molar-refractivity contribution in [3.05, 3.63) is 35.1 Å². The molecule has 1 aliphatic rings. The minimum atomic E-state index is -4.71. The van der Waals surface area contributed by atoms with Gasteiger partial charge in [0, 0.05) is 18.9 Å². The molecule has 1 aromatic rings. The van der Waals surface area contributed by atoms with Crippen LogP contribution in [-0.4, -0.2) is 12.5 Å². The average Bonchev–Trinajstić information content (AvgIpc) is 2.63. The zero-order chi connectivity index (χ0) is 12.6. The molecule has 1 unspecified atom stereocenters. The van der Waals surface area contributed by atoms with E-state index in [0.717, 1.165) is 6.07 Å². The van der Waals surface area contributed by atoms with Gasteiger partial charge in [0.1, 0.15) is 5.82 Å². The van der Waals surface area contributed by atoms with Crippen LogP contribution in [0.5, 0.6) is 0 Å². The Morgan fingerprint density at radius 3 is 2.53 bits per heavy atom. The van der Waals surface area contributed by atoms with Gasteiger partial charge in [-0.2, -0.15) is 13.2 Å². The summed E-state index contributed by atoms with van der Waals surface area (Å²) in [6, 6.07) is 3.14. The lowest BCUT2D eigenvalue weighted by molar-refractivity contribution is -0.140. The standard InChI is InChI=1S/C11H9F4NO/c12-10-7(6-4-9(17)16-5-6)2-1-3-8(10)11(13,14)15/h1-3,6H,4-5H2,(H,16,17). The lowest BCUT2D eigenvalue weighted by Crippen LogP contribution is -2.15. The molecule has 0 aromatic heterocycles. The summed E-state index contributed by atoms with van der Waals surface area (Å²) in [7, 11) is 0. The highest BCUT2D eigenvalue weighted by molar-refractivity contribution is 5.79. The molecule has 0 aliphatic carbocycles. The predicted octanol–water partition coefficient (Wildman–Crippen LogP) is 2.45. The van der Waals surface area contributed by atoms with Crippen LogP contribution in [0.1, 0.15) is 23.5 Å². The Morgan fingerprint density at radius 1 is 1.29 bits per heavy atom. The molecule has 1 fully saturated rings. The van der Waals surface area contributed by atoms with Crippen molar-refractivity contribution in [2.75, 3.05) is 6.54 Å². The molecule has 6 heteroatoms. The first-order valence-electron chi connectivity index (χ1n) is 5.02. The second-order valence-electron chi connectivity index (χ2n) is 3.91. The second kappa shape index (κ2) is 4.01. The third-order valence-electron chi connectivity index (χ3n) is 2.75. The number of rotatable bonds is 1. The monoisotopic (exact) mass is 247 g/mol. The Labute approximate surface area is 94.6 Å². The van der Waals surface area contributed by atoms with Crippen molar-refractivity contribution < 1.29 is 22.4 Å². The van der Waals surface area contributed by atoms with Gasteiger partial charge in [-0.3, -0.25) is 4.79 Å². The fourth-order valence-electron chi connectivity index (χ4n) is 1.91. The number of nitrogens with one attached hydrogen (secondary N) is 1. The lowest BCUT2D eigenvalue weighted by atomic mass is 9.95. The fourth-order valence-corrected chi connectivity index (χ4v) is 1.91. The number of amides is 1. The highest BCUT2D eigenvalue weighted by Gasteiger charge is 2.36. The Balaban J connectivity index is 2.39. The van der Waals surface area contributed by atoms with Crippen LogP contribution in [0.25, 0.3) is 0 Å². The first-order valence-corrected chi connectivity index (χ1v) is 5.02. The molecule has 1 aliphatic heterocycles. The number of carbonyl (C=O) groups excluding carboxylic acids is 1. The van der Waals surface area contributed by atoms with Gasteiger partial charge in [-0.15, -0.1) is 0 Å². The van der Waals surface area contributed by atoms with E-state index in [0.29, 0.717) is 6.07 Å². The summed E-state index contributed by atoms with van der Waals surface area (Å²) < 4.78 is 51.1. The SMILES string of the molecule is O=C1CC(c2cccc(C(F)(F)F)c2F)CN1. The summed E-state index contributed by atoms with van der Waals surface area (Å²) in [4.78, 5) is 11.0. The summed E-state index contributed by atoms with van der Waals surface area (Å²) in [5, 5.41) is 2.47. The van der Waals surface area contributed by atoms with Crippen LogP contribution in [-0.2, 0) is 11.0 Å². The molecule has 1 heterocycles. The van der Waals surface area contributed by atoms with Gasteiger partial charge in [-0.05, 0) is 11.6 Å². The largest absolute Gasteiger partial charge is 0.419 e. The maximum Gasteiger partial charge on any atom is 0.419 e. The third-order valence-corrected chi connectivity index (χ3v) is 2.75. The first-order chi connectivity index (χ1) is 7.89. The quantitative estimate of drug-likeness (QED) is 0.759. The minimum absolute atomic E-state index is 0.0260. The van der Waals surface area contributed by atoms with Crippen molar-refractivity contribution >= 4 is 5.91 Å². The highest BCUT2D eigenvalue weighted by Crippen LogP contribution is 2.35. The van der Waals surface area contributed by atoms with Crippen molar-refractivity contribution in [1.29, 1.82) is 0 Å². The Bertz CT molecular complexity index is 455. The molecule has 1 aromatic carbocycles. The summed E-state index contributed by atoms with van der Waals surface area (Å²) in [6.07, 6.45) is -4.69. The maximum absolute atomic E-state index is 13.7. The fraction of sp³-hybridized carbons (Fsp3) is 0.364. The van der Waals surface area contributed by atoms with Crippen LogP contribution in [0, 0.1) is 5.82 Å². The van der Waals surface area contributed by atoms with Crippen LogP contribution in [0.3, 0.4) is 0 Å². The van der Waals surface area contributed by atoms with Crippen LogP contribution >= 0.6 is 0 Å². The van der Waals surface area contributed by atoms with E-state index >= 15 is 0 Å². The first kappa shape index (κ1) is 11.9. The molecule has 2 nitrogen and oxygen atoms in total. The highest BCUT2D eigenvalue weighted by atomic mass is 19.4. The lowest BCUT2D eigenvalue weighted by Gasteiger charge is -2.14. The van der Waals surface area contributed by atoms with Crippen LogP contribution in [0.2, 0.25) is 0 Å². The number of hydrogen-bond donors (Lipinski definition) is 1. The molecule has 1 saturated heterocycles. The van der Waals surface area contributed by atoms with Gasteiger partial charge in [-0.1, -0.05) is 12.1 Å². The zero-order valence-electron chi connectivity index (χ0n) is 8.64. The van der Waals surface area contributed by atoms with E-state index in [1.54, 1.807) is 0 Å². The van der Waals surface area contributed by atoms with Crippen molar-refractivity contribution in [3.8, 4) is 0 Å². The van der Waals surface area contributed by atoms with E-state index < -0.39 is 23.5 Å². The number of alkyl halides is 3. The molecule has 0 saturated carbocycles. The van der Waals surface area contributed by atoms with E-state index in [4.69, 9.17) is 0 Å². The Kier molecular flexibility index (Phi) is 2.81. The molecule has 92 valence electrons. The normalized spacial score (nSPS) is 20.5. The van der Waals surface area contributed by atoms with Gasteiger partial charge in [0.15, 0.2) is 0 Å². The molecule has 0 bridgehead atoms. The van der Waals surface area contributed by atoms with Gasteiger partial charge in [0.05, 0.1) is 5.56 Å². The van der Waals surface area contributed by atoms with E-state index in [1.807, 2.05) is 0 Å². The average molecular weight is 247 g/mol. The number of halogens is 4. The molecular weight excluding hydrogens is 238 g/mol. The smallest absolute Gasteiger partial charge is 0.355 e. The molecule has 0 spiro atoms. The minimum Gasteiger partial charge on any atom is -0.355 e. The van der Waals surface area contributed by atoms with Gasteiger partial charge in [0.2, 0.25) is 5.91 Å². The second-order valence-corrected chi connectivity index (χ2v) is 3.91. The van der Waals surface area contributed by atoms with Crippen molar-refractivity contribution in [2.24, 2.45) is 0 Å². The number of benzene rings is 1. The van der Waals surface area contributed by atoms with Crippen LogP contribution in [0.4, 0.5) is 17.6 Å². The van der Waals surface area contributed by atoms with E-state index in [1.165, 1.54) is 6.07 Å². The molecule has 2 rings (SSSR count). The van der Waals surface area contributed by atoms with Gasteiger partial charge in [0.25, 0.3) is 0 Å². The molecular formula is C11H9F4NO. The van der Waals surface area contributed by atoms with Crippen LogP contribution < -0.4 is 5.32 Å². The topological polar surface area (TPSA) is 29.1 Å². The van der Waals surface area contributed by atoms with E-state index in [-0.39, 0.29) is 24.4 Å². The van der Waals surface area contributed by atoms with Gasteiger partial charge < -0.3 is 5.32 Å². The maximum atomic E-state index is 13.7. The Morgan fingerprint density at radius 2 is 2.00 bits per heavy atom. The summed E-state index contributed by atoms with van der Waals surface area (Å²) in [5.74, 6) is -2.07. The van der Waals surface area contributed by atoms with Crippen molar-refractivity contribution in [1.82, 2.24) is 5.32 Å². The summed E-state index contributed by atoms with van der Waals surface area (Å²) in [6.45, 7) is 0.178. The summed E-state index contributed by atoms with van der Waals surface area (Å²) >= 11 is 0. The van der Waals surface area contributed by atoms with Gasteiger partial charge in [-0.25, -0.2) is 4.39 Å². The van der Waals surface area contributed by atoms with Crippen molar-refractivity contribution in [2.45, 2.75) is 18.5 Å². The third kappa shape index (κ3) is 2.25. The predicted molar refractivity (Wildman–Crippen MR) is 51.8 cm³/mol. The molecule has 1 atom stereocenters. The number of carbonyl (C=O) groups is 1. The van der Waals surface area contributed by atoms with Crippen LogP contribution in [0.15, 0.2) is 18.2 Å².